The summed E-state index contributed by atoms with van der Waals surface area (Å²) >= 11 is 0. The molecule has 3 aromatic rings. The largest absolute Gasteiger partial charge is 0.399 e. The van der Waals surface area contributed by atoms with Crippen molar-refractivity contribution < 1.29 is 0 Å². The number of rotatable bonds is 3. The number of hydrogen-bond acceptors (Lipinski definition) is 5. The van der Waals surface area contributed by atoms with Crippen molar-refractivity contribution in [1.82, 2.24) is 15.0 Å². The maximum atomic E-state index is 5.77. The first-order valence-corrected chi connectivity index (χ1v) is 6.37. The Morgan fingerprint density at radius 2 is 2.10 bits per heavy atom. The fraction of sp³-hybridized carbons (Fsp3) is 0.133. The number of benzene rings is 1. The molecular formula is C15H15N5. The van der Waals surface area contributed by atoms with Gasteiger partial charge in [-0.3, -0.25) is 4.98 Å². The Labute approximate surface area is 116 Å². The minimum absolute atomic E-state index is 0.699. The second-order valence-electron chi connectivity index (χ2n) is 4.65. The van der Waals surface area contributed by atoms with Crippen LogP contribution in [0.2, 0.25) is 0 Å². The van der Waals surface area contributed by atoms with Crippen LogP contribution in [0.1, 0.15) is 11.1 Å². The second kappa shape index (κ2) is 5.13. The molecular weight excluding hydrogens is 250 g/mol. The second-order valence-corrected chi connectivity index (χ2v) is 4.65. The van der Waals surface area contributed by atoms with Crippen molar-refractivity contribution in [1.29, 1.82) is 0 Å². The molecule has 0 aliphatic carbocycles. The van der Waals surface area contributed by atoms with E-state index in [0.29, 0.717) is 12.2 Å². The summed E-state index contributed by atoms with van der Waals surface area (Å²) in [6.07, 6.45) is 5.20. The number of anilines is 2. The quantitative estimate of drug-likeness (QED) is 0.712. The lowest BCUT2D eigenvalue weighted by Gasteiger charge is -2.10. The fourth-order valence-electron chi connectivity index (χ4n) is 2.09. The van der Waals surface area contributed by atoms with Crippen LogP contribution in [0, 0.1) is 6.92 Å². The van der Waals surface area contributed by atoms with Crippen LogP contribution in [0.5, 0.6) is 0 Å². The summed E-state index contributed by atoms with van der Waals surface area (Å²) in [5, 5.41) is 4.31. The van der Waals surface area contributed by atoms with Crippen molar-refractivity contribution in [3.05, 3.63) is 54.1 Å². The van der Waals surface area contributed by atoms with Crippen LogP contribution < -0.4 is 11.1 Å². The molecule has 2 heterocycles. The van der Waals surface area contributed by atoms with Gasteiger partial charge in [0.15, 0.2) is 0 Å². The smallest absolute Gasteiger partial charge is 0.137 e. The minimum Gasteiger partial charge on any atom is -0.399 e. The zero-order valence-electron chi connectivity index (χ0n) is 11.2. The lowest BCUT2D eigenvalue weighted by molar-refractivity contribution is 1.07. The van der Waals surface area contributed by atoms with Gasteiger partial charge < -0.3 is 11.1 Å². The highest BCUT2D eigenvalue weighted by Gasteiger charge is 2.04. The highest BCUT2D eigenvalue weighted by molar-refractivity contribution is 5.90. The number of nitrogens with zero attached hydrogens (tertiary/aromatic N) is 3. The van der Waals surface area contributed by atoms with Crippen LogP contribution in [0.25, 0.3) is 10.9 Å². The van der Waals surface area contributed by atoms with Gasteiger partial charge in [0.2, 0.25) is 0 Å². The van der Waals surface area contributed by atoms with E-state index >= 15 is 0 Å². The number of hydrogen-bond donors (Lipinski definition) is 2. The molecule has 100 valence electrons. The van der Waals surface area contributed by atoms with Crippen molar-refractivity contribution in [3.8, 4) is 0 Å². The van der Waals surface area contributed by atoms with Crippen molar-refractivity contribution in [2.24, 2.45) is 0 Å². The van der Waals surface area contributed by atoms with Crippen LogP contribution in [-0.4, -0.2) is 15.0 Å². The van der Waals surface area contributed by atoms with E-state index in [0.717, 1.165) is 22.3 Å². The van der Waals surface area contributed by atoms with Crippen LogP contribution in [0.4, 0.5) is 11.5 Å². The average molecular weight is 265 g/mol. The molecule has 0 atom stereocenters. The van der Waals surface area contributed by atoms with Gasteiger partial charge in [-0.15, -0.1) is 0 Å². The van der Waals surface area contributed by atoms with Gasteiger partial charge in [0.25, 0.3) is 0 Å². The van der Waals surface area contributed by atoms with Crippen LogP contribution in [-0.2, 0) is 6.54 Å². The number of nitrogens with two attached hydrogens (primary N) is 1. The van der Waals surface area contributed by atoms with Gasteiger partial charge in [0.1, 0.15) is 12.1 Å². The molecule has 3 rings (SSSR count). The van der Waals surface area contributed by atoms with Gasteiger partial charge >= 0.3 is 0 Å². The van der Waals surface area contributed by atoms with E-state index in [1.54, 1.807) is 12.5 Å². The Bertz CT molecular complexity index is 754. The third-order valence-electron chi connectivity index (χ3n) is 3.24. The summed E-state index contributed by atoms with van der Waals surface area (Å²) in [4.78, 5) is 12.6. The first-order chi connectivity index (χ1) is 9.74. The van der Waals surface area contributed by atoms with Gasteiger partial charge in [-0.1, -0.05) is 0 Å². The van der Waals surface area contributed by atoms with Crippen molar-refractivity contribution in [3.63, 3.8) is 0 Å². The van der Waals surface area contributed by atoms with Gasteiger partial charge in [0.05, 0.1) is 5.52 Å². The fourth-order valence-corrected chi connectivity index (χ4v) is 2.09. The predicted octanol–water partition coefficient (Wildman–Crippen LogP) is 2.53. The average Bonchev–Trinajstić information content (AvgIpc) is 2.46. The molecule has 3 N–H and O–H groups in total. The van der Waals surface area contributed by atoms with E-state index in [2.05, 4.69) is 20.3 Å². The molecule has 0 saturated heterocycles. The van der Waals surface area contributed by atoms with Crippen molar-refractivity contribution >= 4 is 22.4 Å². The summed E-state index contributed by atoms with van der Waals surface area (Å²) in [6, 6.07) is 7.64. The van der Waals surface area contributed by atoms with Crippen molar-refractivity contribution in [2.75, 3.05) is 11.1 Å². The monoisotopic (exact) mass is 265 g/mol. The van der Waals surface area contributed by atoms with E-state index < -0.39 is 0 Å². The molecule has 0 saturated carbocycles. The molecule has 0 bridgehead atoms. The lowest BCUT2D eigenvalue weighted by Crippen LogP contribution is -2.04. The molecule has 0 amide bonds. The normalized spacial score (nSPS) is 10.7. The number of fused-ring (bicyclic) bond motifs is 1. The number of aromatic nitrogens is 3. The summed E-state index contributed by atoms with van der Waals surface area (Å²) < 4.78 is 0. The molecule has 0 fully saturated rings. The summed E-state index contributed by atoms with van der Waals surface area (Å²) in [5.41, 5.74) is 9.67. The van der Waals surface area contributed by atoms with Crippen LogP contribution in [0.15, 0.2) is 43.0 Å². The minimum atomic E-state index is 0.699. The number of nitrogen functional groups attached to an aromatic ring is 1. The Hall–Kier alpha value is -2.69. The predicted molar refractivity (Wildman–Crippen MR) is 80.3 cm³/mol. The highest BCUT2D eigenvalue weighted by Crippen LogP contribution is 2.21. The molecule has 0 radical (unpaired) electrons. The molecule has 5 nitrogen and oxygen atoms in total. The van der Waals surface area contributed by atoms with E-state index in [-0.39, 0.29) is 0 Å². The van der Waals surface area contributed by atoms with E-state index in [1.165, 1.54) is 5.56 Å². The first-order valence-electron chi connectivity index (χ1n) is 6.37. The van der Waals surface area contributed by atoms with Gasteiger partial charge in [-0.25, -0.2) is 9.97 Å². The Morgan fingerprint density at radius 1 is 1.20 bits per heavy atom. The number of nitrogens with one attached hydrogen (secondary N) is 1. The molecule has 0 aliphatic rings. The molecule has 0 unspecified atom stereocenters. The van der Waals surface area contributed by atoms with E-state index in [4.69, 9.17) is 5.73 Å². The highest BCUT2D eigenvalue weighted by atomic mass is 15.0. The lowest BCUT2D eigenvalue weighted by atomic mass is 10.1. The summed E-state index contributed by atoms with van der Waals surface area (Å²) in [5.74, 6) is 0.811. The topological polar surface area (TPSA) is 76.7 Å². The Kier molecular flexibility index (Phi) is 3.16. The first kappa shape index (κ1) is 12.3. The third-order valence-corrected chi connectivity index (χ3v) is 3.24. The molecule has 5 heteroatoms. The van der Waals surface area contributed by atoms with E-state index in [9.17, 15) is 0 Å². The zero-order chi connectivity index (χ0) is 13.9. The van der Waals surface area contributed by atoms with Gasteiger partial charge in [-0.05, 0) is 42.3 Å². The number of pyridine rings is 1. The van der Waals surface area contributed by atoms with Crippen LogP contribution >= 0.6 is 0 Å². The third kappa shape index (κ3) is 2.38. The maximum Gasteiger partial charge on any atom is 0.137 e. The molecule has 20 heavy (non-hydrogen) atoms. The molecule has 2 aromatic heterocycles. The van der Waals surface area contributed by atoms with Gasteiger partial charge in [-0.2, -0.15) is 0 Å². The number of aryl methyl sites for hydroxylation is 1. The molecule has 0 aliphatic heterocycles. The zero-order valence-corrected chi connectivity index (χ0v) is 11.2. The van der Waals surface area contributed by atoms with Crippen molar-refractivity contribution in [2.45, 2.75) is 13.5 Å². The molecule has 1 aromatic carbocycles. The SMILES string of the molecule is Cc1cnccc1CNc1ncnc2cc(N)ccc12. The summed E-state index contributed by atoms with van der Waals surface area (Å²) in [7, 11) is 0. The van der Waals surface area contributed by atoms with Crippen LogP contribution in [0.3, 0.4) is 0 Å². The molecule has 0 spiro atoms. The Balaban J connectivity index is 1.90. The van der Waals surface area contributed by atoms with E-state index in [1.807, 2.05) is 37.4 Å². The Morgan fingerprint density at radius 3 is 2.95 bits per heavy atom. The summed E-state index contributed by atoms with van der Waals surface area (Å²) in [6.45, 7) is 2.74. The standard InChI is InChI=1S/C15H15N5/c1-10-7-17-5-4-11(10)8-18-15-13-3-2-12(16)6-14(13)19-9-20-15/h2-7,9H,8,16H2,1H3,(H,18,19,20). The van der Waals surface area contributed by atoms with Gasteiger partial charge in [0, 0.05) is 30.0 Å². The maximum absolute atomic E-state index is 5.77.